The van der Waals surface area contributed by atoms with E-state index in [0.29, 0.717) is 46.9 Å². The van der Waals surface area contributed by atoms with Gasteiger partial charge in [-0.05, 0) is 98.9 Å². The van der Waals surface area contributed by atoms with Crippen molar-refractivity contribution in [2.24, 2.45) is 22.4 Å². The molecule has 29 heteroatoms. The van der Waals surface area contributed by atoms with Gasteiger partial charge in [-0.3, -0.25) is 63.6 Å². The number of hydrogen-bond donors (Lipinski definition) is 9. The number of nitrogens with two attached hydrogens (primary N) is 2. The molecule has 29 nitrogen and oxygen atoms in total. The van der Waals surface area contributed by atoms with Crippen molar-refractivity contribution in [1.82, 2.24) is 36.8 Å². The first-order valence-corrected chi connectivity index (χ1v) is 28.6. The summed E-state index contributed by atoms with van der Waals surface area (Å²) in [5.74, 6) is -5.47. The highest BCUT2D eigenvalue weighted by Crippen LogP contribution is 2.30. The summed E-state index contributed by atoms with van der Waals surface area (Å²) < 4.78 is 16.5. The number of Topliss-reactive ketones (excluding diaryl/α,β-unsaturated/α-hetero) is 1. The maximum atomic E-state index is 14.7. The van der Waals surface area contributed by atoms with Crippen molar-refractivity contribution in [1.29, 1.82) is 0 Å². The normalized spacial score (nSPS) is 14.4. The standard InChI is InChI=1S/C60H73N13O16/c1-34(2)25-46(69-59(82)49-14-10-24-71(49)53(76)27-39-28-54(77)89-51-30-42(87-5)20-21-43(39)51)56(79)65-32-52(75)67-47(26-37-15-18-41(19-16-37)88-33-38-11-7-6-8-12-38)57(80)70-48(31-64-45-22-17-40(72(83)84)29-50(45)73(85)86)58(81)66-35(3)55(78)68-44(36(4)74)13-9-23-63-60(61)62/h6-8,11-12,15-22,28-30,34-35,44,46-49,64H,9-10,13-14,23-27,31-33H2,1-5H3,(H,65,79)(H,66,81)(H,67,75)(H,68,78)(H,69,82)(H,70,80)(H4,61,62,63)/t35-,44+,46-,47-,48+,49+/m1/s1. The Labute approximate surface area is 510 Å². The molecule has 89 heavy (non-hydrogen) atoms. The topological polar surface area (TPSA) is 423 Å². The molecule has 0 spiro atoms. The highest BCUT2D eigenvalue weighted by atomic mass is 16.6. The molecule has 0 unspecified atom stereocenters. The van der Waals surface area contributed by atoms with E-state index in [0.717, 1.165) is 17.7 Å². The van der Waals surface area contributed by atoms with Crippen LogP contribution in [-0.4, -0.2) is 137 Å². The minimum atomic E-state index is -1.72. The number of nitro groups is 2. The smallest absolute Gasteiger partial charge is 0.336 e. The molecule has 5 aromatic rings. The molecule has 1 fully saturated rings. The first kappa shape index (κ1) is 67.6. The van der Waals surface area contributed by atoms with Crippen molar-refractivity contribution < 1.29 is 62.1 Å². The Morgan fingerprint density at radius 1 is 0.764 bits per heavy atom. The Morgan fingerprint density at radius 3 is 2.12 bits per heavy atom. The molecule has 474 valence electrons. The van der Waals surface area contributed by atoms with Crippen LogP contribution in [0.5, 0.6) is 11.5 Å². The van der Waals surface area contributed by atoms with Crippen molar-refractivity contribution in [3.63, 3.8) is 0 Å². The summed E-state index contributed by atoms with van der Waals surface area (Å²) in [4.78, 5) is 151. The fraction of sp³-hybridized carbons (Fsp3) is 0.400. The molecule has 6 rings (SSSR count). The van der Waals surface area contributed by atoms with Crippen LogP contribution in [0.15, 0.2) is 111 Å². The zero-order valence-electron chi connectivity index (χ0n) is 49.7. The van der Waals surface area contributed by atoms with Crippen LogP contribution >= 0.6 is 0 Å². The zero-order valence-corrected chi connectivity index (χ0v) is 49.7. The average molecular weight is 1230 g/mol. The summed E-state index contributed by atoms with van der Waals surface area (Å²) in [6.45, 7) is 5.38. The minimum Gasteiger partial charge on any atom is -0.497 e. The SMILES string of the molecule is COc1ccc2c(CC(=O)N3CCC[C@H]3C(=O)N[C@H](CC(C)C)C(=O)NCC(=O)N[C@H](Cc3ccc(OCc4ccccc4)cc3)C(=O)N[C@@H](CNc3ccc([N+](=O)[O-])cc3[N+](=O)[O-])C(=O)N[C@H](C)C(=O)N[C@@H](CCCN=C(N)N)C(C)=O)cc(=O)oc2c1. The molecular formula is C60H73N13O16. The van der Waals surface area contributed by atoms with Crippen molar-refractivity contribution >= 4 is 81.1 Å². The van der Waals surface area contributed by atoms with Crippen LogP contribution in [0, 0.1) is 26.1 Å². The number of methoxy groups -OCH3 is 1. The van der Waals surface area contributed by atoms with Crippen molar-refractivity contribution in [2.45, 2.75) is 115 Å². The van der Waals surface area contributed by atoms with Gasteiger partial charge in [0.05, 0.1) is 42.0 Å². The maximum absolute atomic E-state index is 14.7. The lowest BCUT2D eigenvalue weighted by molar-refractivity contribution is -0.393. The second-order valence-corrected chi connectivity index (χ2v) is 21.5. The third-order valence-corrected chi connectivity index (χ3v) is 14.3. The summed E-state index contributed by atoms with van der Waals surface area (Å²) >= 11 is 0. The van der Waals surface area contributed by atoms with Gasteiger partial charge in [0.25, 0.3) is 11.4 Å². The average Bonchev–Trinajstić information content (AvgIpc) is 4.26. The number of rotatable bonds is 32. The molecule has 1 aliphatic heterocycles. The first-order chi connectivity index (χ1) is 42.4. The largest absolute Gasteiger partial charge is 0.497 e. The van der Waals surface area contributed by atoms with Gasteiger partial charge in [-0.25, -0.2) is 4.79 Å². The van der Waals surface area contributed by atoms with Gasteiger partial charge in [0.2, 0.25) is 41.4 Å². The molecule has 1 saturated heterocycles. The third-order valence-electron chi connectivity index (χ3n) is 14.3. The number of non-ortho nitro benzene ring substituents is 1. The molecule has 4 aromatic carbocycles. The predicted octanol–water partition coefficient (Wildman–Crippen LogP) is 2.33. The number of ketones is 1. The minimum absolute atomic E-state index is 0.101. The van der Waals surface area contributed by atoms with Gasteiger partial charge in [0, 0.05) is 49.6 Å². The van der Waals surface area contributed by atoms with Crippen LogP contribution in [0.4, 0.5) is 17.1 Å². The Morgan fingerprint density at radius 2 is 1.46 bits per heavy atom. The van der Waals surface area contributed by atoms with E-state index in [1.54, 1.807) is 36.4 Å². The number of nitro benzene ring substituents is 2. The van der Waals surface area contributed by atoms with E-state index in [2.05, 4.69) is 42.2 Å². The molecular weight excluding hydrogens is 1160 g/mol. The summed E-state index contributed by atoms with van der Waals surface area (Å²) in [5.41, 5.74) is 10.4. The molecule has 7 amide bonds. The first-order valence-electron chi connectivity index (χ1n) is 28.6. The molecule has 11 N–H and O–H groups in total. The number of amides is 7. The van der Waals surface area contributed by atoms with E-state index in [9.17, 15) is 63.4 Å². The third kappa shape index (κ3) is 20.3. The monoisotopic (exact) mass is 1230 g/mol. The fourth-order valence-corrected chi connectivity index (χ4v) is 9.68. The second-order valence-electron chi connectivity index (χ2n) is 21.5. The van der Waals surface area contributed by atoms with E-state index in [4.69, 9.17) is 25.4 Å². The zero-order chi connectivity index (χ0) is 64.9. The van der Waals surface area contributed by atoms with E-state index in [1.165, 1.54) is 38.0 Å². The Bertz CT molecular complexity index is 3480. The quantitative estimate of drug-likeness (QED) is 0.00745. The number of hydrogen-bond acceptors (Lipinski definition) is 18. The molecule has 2 heterocycles. The Balaban J connectivity index is 1.20. The Kier molecular flexibility index (Phi) is 24.6. The lowest BCUT2D eigenvalue weighted by Crippen LogP contribution is -2.59. The molecule has 0 saturated carbocycles. The van der Waals surface area contributed by atoms with Gasteiger partial charge in [0.15, 0.2) is 11.7 Å². The summed E-state index contributed by atoms with van der Waals surface area (Å²) in [6, 6.07) is 16.8. The molecule has 0 bridgehead atoms. The summed E-state index contributed by atoms with van der Waals surface area (Å²) in [5, 5.41) is 42.3. The number of aliphatic imine (C=N–C) groups is 1. The van der Waals surface area contributed by atoms with Gasteiger partial charge in [0.1, 0.15) is 59.6 Å². The van der Waals surface area contributed by atoms with Crippen LogP contribution in [0.3, 0.4) is 0 Å². The summed E-state index contributed by atoms with van der Waals surface area (Å²) in [7, 11) is 1.45. The van der Waals surface area contributed by atoms with Gasteiger partial charge in [-0.2, -0.15) is 0 Å². The highest BCUT2D eigenvalue weighted by molar-refractivity contribution is 5.98. The van der Waals surface area contributed by atoms with Gasteiger partial charge in [-0.15, -0.1) is 0 Å². The number of fused-ring (bicyclic) bond motifs is 1. The van der Waals surface area contributed by atoms with Crippen LogP contribution in [-0.2, 0) is 57.8 Å². The Hall–Kier alpha value is -10.5. The highest BCUT2D eigenvalue weighted by Gasteiger charge is 2.37. The van der Waals surface area contributed by atoms with Crippen molar-refractivity contribution in [3.8, 4) is 11.5 Å². The van der Waals surface area contributed by atoms with Gasteiger partial charge >= 0.3 is 5.63 Å². The second kappa shape index (κ2) is 32.3. The van der Waals surface area contributed by atoms with E-state index in [-0.39, 0.29) is 74.9 Å². The van der Waals surface area contributed by atoms with Crippen molar-refractivity contribution in [2.75, 3.05) is 38.6 Å². The number of anilines is 1. The number of benzene rings is 4. The van der Waals surface area contributed by atoms with Gasteiger partial charge in [-0.1, -0.05) is 56.3 Å². The number of carbonyl (C=O) groups is 8. The number of likely N-dealkylation sites (tertiary alicyclic amines) is 1. The molecule has 0 aliphatic carbocycles. The lowest BCUT2D eigenvalue weighted by atomic mass is 10.0. The predicted molar refractivity (Wildman–Crippen MR) is 325 cm³/mol. The van der Waals surface area contributed by atoms with Gasteiger partial charge < -0.3 is 67.5 Å². The van der Waals surface area contributed by atoms with E-state index < -0.39 is 123 Å². The molecule has 1 aromatic heterocycles. The van der Waals surface area contributed by atoms with E-state index in [1.807, 2.05) is 44.2 Å². The van der Waals surface area contributed by atoms with Crippen LogP contribution in [0.25, 0.3) is 11.0 Å². The number of nitrogens with zero attached hydrogens (tertiary/aromatic N) is 4. The van der Waals surface area contributed by atoms with Crippen LogP contribution in [0.1, 0.15) is 76.5 Å². The lowest BCUT2D eigenvalue weighted by Gasteiger charge is -2.27. The molecule has 0 radical (unpaired) electrons. The number of nitrogens with one attached hydrogen (secondary N) is 7. The fourth-order valence-electron chi connectivity index (χ4n) is 9.68. The van der Waals surface area contributed by atoms with Crippen molar-refractivity contribution in [3.05, 3.63) is 144 Å². The molecule has 1 aliphatic rings. The number of ether oxygens (including phenoxy) is 2. The number of carbonyl (C=O) groups excluding carboxylic acids is 8. The molecule has 6 atom stereocenters. The van der Waals surface area contributed by atoms with E-state index >= 15 is 0 Å². The van der Waals surface area contributed by atoms with Crippen LogP contribution in [0.2, 0.25) is 0 Å². The summed E-state index contributed by atoms with van der Waals surface area (Å²) in [6.07, 6.45) is 0.779. The maximum Gasteiger partial charge on any atom is 0.336 e. The van der Waals surface area contributed by atoms with Crippen LogP contribution < -0.4 is 63.8 Å². The number of guanidine groups is 1.